The highest BCUT2D eigenvalue weighted by atomic mass is 16.6. The van der Waals surface area contributed by atoms with E-state index in [2.05, 4.69) is 18.6 Å². The van der Waals surface area contributed by atoms with E-state index in [4.69, 9.17) is 10.2 Å². The van der Waals surface area contributed by atoms with Crippen molar-refractivity contribution >= 4 is 0 Å². The molecule has 0 heterocycles. The Bertz CT molecular complexity index is 55.3. The maximum absolute atomic E-state index is 8.39. The zero-order valence-corrected chi connectivity index (χ0v) is 7.71. The lowest BCUT2D eigenvalue weighted by molar-refractivity contribution is -0.120. The smallest absolute Gasteiger partial charge is 0.177 e. The first-order valence-electron chi connectivity index (χ1n) is 4.13. The number of rotatable bonds is 4. The molecule has 0 saturated heterocycles. The minimum atomic E-state index is -0.995. The first-order valence-corrected chi connectivity index (χ1v) is 4.13. The molecule has 3 nitrogen and oxygen atoms in total. The van der Waals surface area contributed by atoms with Gasteiger partial charge in [0.25, 0.3) is 0 Å². The predicted octanol–water partition coefficient (Wildman–Crippen LogP) is 1.14. The minimum absolute atomic E-state index is 0.326. The molecular weight excluding hydrogens is 144 g/mol. The summed E-state index contributed by atoms with van der Waals surface area (Å²) in [6.07, 6.45) is 1.64. The van der Waals surface area contributed by atoms with Crippen LogP contribution in [0.4, 0.5) is 0 Å². The molecule has 0 saturated carbocycles. The molecule has 0 radical (unpaired) electrons. The first-order chi connectivity index (χ1) is 5.22. The van der Waals surface area contributed by atoms with E-state index in [9.17, 15) is 0 Å². The molecule has 0 bridgehead atoms. The third-order valence-corrected chi connectivity index (χ3v) is 1.02. The van der Waals surface area contributed by atoms with Crippen LogP contribution in [0.2, 0.25) is 0 Å². The Morgan fingerprint density at radius 3 is 1.73 bits per heavy atom. The van der Waals surface area contributed by atoms with Crippen molar-refractivity contribution in [1.29, 1.82) is 0 Å². The van der Waals surface area contributed by atoms with E-state index in [1.165, 1.54) is 12.8 Å². The summed E-state index contributed by atoms with van der Waals surface area (Å²) in [6, 6.07) is 0. The molecule has 1 atom stereocenters. The molecule has 1 unspecified atom stereocenters. The van der Waals surface area contributed by atoms with E-state index >= 15 is 0 Å². The molecule has 0 spiro atoms. The molecule has 0 amide bonds. The predicted molar refractivity (Wildman–Crippen MR) is 45.3 cm³/mol. The number of hydrogen-bond acceptors (Lipinski definition) is 3. The van der Waals surface area contributed by atoms with Crippen molar-refractivity contribution < 1.29 is 14.9 Å². The average Bonchev–Trinajstić information content (AvgIpc) is 2.05. The molecular formula is C8H20O3. The van der Waals surface area contributed by atoms with Gasteiger partial charge in [0.1, 0.15) is 0 Å². The van der Waals surface area contributed by atoms with Crippen molar-refractivity contribution in [2.75, 3.05) is 13.2 Å². The SMILES string of the molecule is CCCC.CCOC(O)CO. The maximum atomic E-state index is 8.39. The van der Waals surface area contributed by atoms with Crippen LogP contribution in [0, 0.1) is 0 Å². The third-order valence-electron chi connectivity index (χ3n) is 1.02. The highest BCUT2D eigenvalue weighted by Crippen LogP contribution is 1.80. The van der Waals surface area contributed by atoms with E-state index < -0.39 is 6.29 Å². The largest absolute Gasteiger partial charge is 0.391 e. The Morgan fingerprint density at radius 2 is 1.64 bits per heavy atom. The summed E-state index contributed by atoms with van der Waals surface area (Å²) in [4.78, 5) is 0. The van der Waals surface area contributed by atoms with E-state index in [1.54, 1.807) is 6.92 Å². The molecule has 0 aromatic carbocycles. The van der Waals surface area contributed by atoms with Crippen LogP contribution in [0.5, 0.6) is 0 Å². The Hall–Kier alpha value is -0.120. The van der Waals surface area contributed by atoms with Crippen molar-refractivity contribution in [3.05, 3.63) is 0 Å². The van der Waals surface area contributed by atoms with Crippen LogP contribution in [0.3, 0.4) is 0 Å². The molecule has 3 heteroatoms. The molecule has 0 rings (SSSR count). The molecule has 70 valence electrons. The highest BCUT2D eigenvalue weighted by molar-refractivity contribution is 4.29. The summed E-state index contributed by atoms with van der Waals surface area (Å²) in [5, 5.41) is 16.5. The van der Waals surface area contributed by atoms with Crippen molar-refractivity contribution in [2.24, 2.45) is 0 Å². The summed E-state index contributed by atoms with van der Waals surface area (Å²) in [5.74, 6) is 0. The normalized spacial score (nSPS) is 11.7. The van der Waals surface area contributed by atoms with Gasteiger partial charge in [0, 0.05) is 6.61 Å². The lowest BCUT2D eigenvalue weighted by Gasteiger charge is -2.03. The first kappa shape index (κ1) is 13.5. The van der Waals surface area contributed by atoms with E-state index in [-0.39, 0.29) is 6.61 Å². The third kappa shape index (κ3) is 17.7. The summed E-state index contributed by atoms with van der Waals surface area (Å²) in [5.41, 5.74) is 0. The summed E-state index contributed by atoms with van der Waals surface area (Å²) in [7, 11) is 0. The topological polar surface area (TPSA) is 49.7 Å². The number of aliphatic hydroxyl groups is 2. The van der Waals surface area contributed by atoms with Gasteiger partial charge in [0.05, 0.1) is 6.61 Å². The molecule has 2 N–H and O–H groups in total. The summed E-state index contributed by atoms with van der Waals surface area (Å²) < 4.78 is 4.50. The van der Waals surface area contributed by atoms with Crippen molar-refractivity contribution in [1.82, 2.24) is 0 Å². The van der Waals surface area contributed by atoms with Crippen LogP contribution in [-0.4, -0.2) is 29.7 Å². The summed E-state index contributed by atoms with van der Waals surface area (Å²) >= 11 is 0. The highest BCUT2D eigenvalue weighted by Gasteiger charge is 1.95. The fraction of sp³-hybridized carbons (Fsp3) is 1.00. The van der Waals surface area contributed by atoms with Crippen LogP contribution in [0.15, 0.2) is 0 Å². The Morgan fingerprint density at radius 1 is 1.18 bits per heavy atom. The van der Waals surface area contributed by atoms with Crippen molar-refractivity contribution in [3.63, 3.8) is 0 Å². The van der Waals surface area contributed by atoms with Gasteiger partial charge in [-0.25, -0.2) is 0 Å². The number of aliphatic hydroxyl groups excluding tert-OH is 2. The van der Waals surface area contributed by atoms with E-state index in [1.807, 2.05) is 0 Å². The zero-order chi connectivity index (χ0) is 9.11. The Balaban J connectivity index is 0. The molecule has 0 aliphatic carbocycles. The van der Waals surface area contributed by atoms with Crippen LogP contribution >= 0.6 is 0 Å². The Kier molecular flexibility index (Phi) is 15.4. The van der Waals surface area contributed by atoms with Crippen LogP contribution in [0.1, 0.15) is 33.6 Å². The minimum Gasteiger partial charge on any atom is -0.391 e. The van der Waals surface area contributed by atoms with Crippen molar-refractivity contribution in [2.45, 2.75) is 39.9 Å². The fourth-order valence-corrected chi connectivity index (χ4v) is 0.245. The molecule has 0 aliphatic rings. The second kappa shape index (κ2) is 12.5. The molecule has 0 fully saturated rings. The van der Waals surface area contributed by atoms with Gasteiger partial charge in [-0.1, -0.05) is 26.7 Å². The van der Waals surface area contributed by atoms with Gasteiger partial charge in [-0.05, 0) is 6.92 Å². The lowest BCUT2D eigenvalue weighted by Crippen LogP contribution is -2.15. The van der Waals surface area contributed by atoms with Gasteiger partial charge in [-0.3, -0.25) is 0 Å². The molecule has 0 aromatic rings. The number of ether oxygens (including phenoxy) is 1. The quantitative estimate of drug-likeness (QED) is 0.613. The van der Waals surface area contributed by atoms with Gasteiger partial charge in [-0.15, -0.1) is 0 Å². The standard InChI is InChI=1S/C4H10O3.C4H10/c1-2-7-4(6)3-5;1-3-4-2/h4-6H,2-3H2,1H3;3-4H2,1-2H3. The second-order valence-electron chi connectivity index (χ2n) is 2.09. The van der Waals surface area contributed by atoms with Gasteiger partial charge in [-0.2, -0.15) is 0 Å². The molecule has 0 aliphatic heterocycles. The Labute approximate surface area is 69.0 Å². The van der Waals surface area contributed by atoms with E-state index in [0.29, 0.717) is 6.61 Å². The molecule has 0 aromatic heterocycles. The lowest BCUT2D eigenvalue weighted by atomic mass is 10.4. The number of hydrogen-bond donors (Lipinski definition) is 2. The molecule has 11 heavy (non-hydrogen) atoms. The fourth-order valence-electron chi connectivity index (χ4n) is 0.245. The van der Waals surface area contributed by atoms with Gasteiger partial charge in [0.15, 0.2) is 6.29 Å². The number of unbranched alkanes of at least 4 members (excludes halogenated alkanes) is 1. The second-order valence-corrected chi connectivity index (χ2v) is 2.09. The van der Waals surface area contributed by atoms with Crippen LogP contribution in [-0.2, 0) is 4.74 Å². The maximum Gasteiger partial charge on any atom is 0.177 e. The summed E-state index contributed by atoms with van der Waals surface area (Å²) in [6.45, 7) is 6.22. The van der Waals surface area contributed by atoms with Crippen LogP contribution < -0.4 is 0 Å². The van der Waals surface area contributed by atoms with Gasteiger partial charge in [0.2, 0.25) is 0 Å². The van der Waals surface area contributed by atoms with Crippen LogP contribution in [0.25, 0.3) is 0 Å². The van der Waals surface area contributed by atoms with Gasteiger partial charge >= 0.3 is 0 Å². The van der Waals surface area contributed by atoms with E-state index in [0.717, 1.165) is 0 Å². The monoisotopic (exact) mass is 164 g/mol. The van der Waals surface area contributed by atoms with Crippen molar-refractivity contribution in [3.8, 4) is 0 Å². The average molecular weight is 164 g/mol. The van der Waals surface area contributed by atoms with Gasteiger partial charge < -0.3 is 14.9 Å². The zero-order valence-electron chi connectivity index (χ0n) is 7.71.